The second kappa shape index (κ2) is 6.33. The number of carbonyl (C=O) groups excluding carboxylic acids is 1. The third kappa shape index (κ3) is 2.88. The number of hydrogen-bond acceptors (Lipinski definition) is 5. The molecule has 0 aliphatic carbocycles. The van der Waals surface area contributed by atoms with Gasteiger partial charge in [-0.2, -0.15) is 0 Å². The fraction of sp³-hybridized carbons (Fsp3) is 0.0500. The Bertz CT molecular complexity index is 1130. The molecule has 6 nitrogen and oxygen atoms in total. The van der Waals surface area contributed by atoms with Crippen molar-refractivity contribution in [2.75, 3.05) is 7.11 Å². The number of ether oxygens (including phenoxy) is 2. The number of H-pyrrole nitrogens is 1. The normalized spacial score (nSPS) is 15.2. The van der Waals surface area contributed by atoms with Gasteiger partial charge in [0.05, 0.1) is 7.11 Å². The Morgan fingerprint density at radius 3 is 2.65 bits per heavy atom. The lowest BCUT2D eigenvalue weighted by Gasteiger charge is -2.03. The second-order valence-corrected chi connectivity index (χ2v) is 5.71. The molecule has 1 aliphatic heterocycles. The number of carbonyl (C=O) groups is 1. The van der Waals surface area contributed by atoms with Crippen LogP contribution >= 0.6 is 0 Å². The van der Waals surface area contributed by atoms with Gasteiger partial charge in [-0.3, -0.25) is 4.79 Å². The van der Waals surface area contributed by atoms with Crippen molar-refractivity contribution in [3.63, 3.8) is 0 Å². The largest absolute Gasteiger partial charge is 0.497 e. The Morgan fingerprint density at radius 2 is 1.88 bits per heavy atom. The maximum atomic E-state index is 12.3. The molecule has 0 saturated carbocycles. The fourth-order valence-electron chi connectivity index (χ4n) is 2.70. The van der Waals surface area contributed by atoms with E-state index in [1.165, 1.54) is 6.08 Å². The number of hydrogen-bond donors (Lipinski definition) is 1. The van der Waals surface area contributed by atoms with Crippen LogP contribution in [0.15, 0.2) is 70.1 Å². The van der Waals surface area contributed by atoms with E-state index in [4.69, 9.17) is 9.47 Å². The zero-order valence-electron chi connectivity index (χ0n) is 13.9. The molecule has 0 bridgehead atoms. The van der Waals surface area contributed by atoms with Crippen LogP contribution < -0.4 is 10.3 Å². The molecule has 0 fully saturated rings. The Balaban J connectivity index is 1.78. The molecule has 0 spiro atoms. The molecular formula is C20H14N2O4. The molecule has 0 amide bonds. The van der Waals surface area contributed by atoms with E-state index in [0.29, 0.717) is 22.4 Å². The Kier molecular flexibility index (Phi) is 3.85. The highest BCUT2D eigenvalue weighted by atomic mass is 16.6. The van der Waals surface area contributed by atoms with Gasteiger partial charge in [0, 0.05) is 22.0 Å². The van der Waals surface area contributed by atoms with Gasteiger partial charge in [0.1, 0.15) is 5.75 Å². The first-order chi connectivity index (χ1) is 12.6. The van der Waals surface area contributed by atoms with Gasteiger partial charge in [0.25, 0.3) is 5.56 Å². The molecular weight excluding hydrogens is 332 g/mol. The van der Waals surface area contributed by atoms with Crippen molar-refractivity contribution in [1.82, 2.24) is 4.98 Å². The summed E-state index contributed by atoms with van der Waals surface area (Å²) in [5.74, 6) is 0.308. The predicted octanol–water partition coefficient (Wildman–Crippen LogP) is 2.88. The van der Waals surface area contributed by atoms with Gasteiger partial charge >= 0.3 is 5.97 Å². The average molecular weight is 346 g/mol. The SMILES string of the molecule is COc1ccc2[nH]c(=O)c(/C=C3\N=C(c4ccccc4)OC3=O)cc2c1. The maximum Gasteiger partial charge on any atom is 0.363 e. The number of esters is 1. The maximum absolute atomic E-state index is 12.3. The number of cyclic esters (lactones) is 1. The topological polar surface area (TPSA) is 80.8 Å². The van der Waals surface area contributed by atoms with E-state index in [1.54, 1.807) is 43.5 Å². The molecule has 26 heavy (non-hydrogen) atoms. The number of pyridine rings is 1. The van der Waals surface area contributed by atoms with E-state index < -0.39 is 5.97 Å². The van der Waals surface area contributed by atoms with Gasteiger partial charge in [-0.1, -0.05) is 18.2 Å². The van der Waals surface area contributed by atoms with Crippen molar-refractivity contribution < 1.29 is 14.3 Å². The van der Waals surface area contributed by atoms with Gasteiger partial charge in [-0.05, 0) is 42.5 Å². The van der Waals surface area contributed by atoms with E-state index in [2.05, 4.69) is 9.98 Å². The highest BCUT2D eigenvalue weighted by Crippen LogP contribution is 2.21. The Hall–Kier alpha value is -3.67. The number of nitrogens with zero attached hydrogens (tertiary/aromatic N) is 1. The van der Waals surface area contributed by atoms with Crippen LogP contribution in [-0.4, -0.2) is 24.0 Å². The lowest BCUT2D eigenvalue weighted by molar-refractivity contribution is -0.129. The molecule has 1 aliphatic rings. The van der Waals surface area contributed by atoms with Gasteiger partial charge in [-0.25, -0.2) is 9.79 Å². The van der Waals surface area contributed by atoms with Crippen LogP contribution in [0, 0.1) is 0 Å². The highest BCUT2D eigenvalue weighted by molar-refractivity contribution is 6.12. The fourth-order valence-corrected chi connectivity index (χ4v) is 2.70. The summed E-state index contributed by atoms with van der Waals surface area (Å²) < 4.78 is 10.4. The summed E-state index contributed by atoms with van der Waals surface area (Å²) in [6, 6.07) is 16.1. The molecule has 2 aromatic carbocycles. The molecule has 2 heterocycles. The monoisotopic (exact) mass is 346 g/mol. The first-order valence-electron chi connectivity index (χ1n) is 7.93. The summed E-state index contributed by atoms with van der Waals surface area (Å²) in [7, 11) is 1.57. The number of rotatable bonds is 3. The number of nitrogens with one attached hydrogen (secondary N) is 1. The Labute approximate surface area is 148 Å². The minimum absolute atomic E-state index is 0.0802. The van der Waals surface area contributed by atoms with E-state index in [9.17, 15) is 9.59 Å². The smallest absolute Gasteiger partial charge is 0.363 e. The minimum atomic E-state index is -0.589. The third-order valence-electron chi connectivity index (χ3n) is 4.01. The summed E-state index contributed by atoms with van der Waals surface area (Å²) in [5, 5.41) is 0.787. The summed E-state index contributed by atoms with van der Waals surface area (Å²) in [4.78, 5) is 31.4. The zero-order valence-corrected chi connectivity index (χ0v) is 13.9. The molecule has 128 valence electrons. The molecule has 4 rings (SSSR count). The van der Waals surface area contributed by atoms with Crippen LogP contribution in [-0.2, 0) is 9.53 Å². The van der Waals surface area contributed by atoms with Gasteiger partial charge in [0.2, 0.25) is 5.90 Å². The third-order valence-corrected chi connectivity index (χ3v) is 4.01. The van der Waals surface area contributed by atoms with Crippen LogP contribution in [0.3, 0.4) is 0 Å². The molecule has 0 atom stereocenters. The molecule has 0 unspecified atom stereocenters. The first kappa shape index (κ1) is 15.8. The lowest BCUT2D eigenvalue weighted by atomic mass is 10.1. The van der Waals surface area contributed by atoms with E-state index in [0.717, 1.165) is 5.39 Å². The van der Waals surface area contributed by atoms with Crippen LogP contribution in [0.5, 0.6) is 5.75 Å². The number of aliphatic imine (C=N–C) groups is 1. The van der Waals surface area contributed by atoms with Gasteiger partial charge < -0.3 is 14.5 Å². The summed E-state index contributed by atoms with van der Waals surface area (Å²) in [5.41, 5.74) is 1.46. The van der Waals surface area contributed by atoms with Crippen molar-refractivity contribution >= 4 is 28.8 Å². The number of aromatic nitrogens is 1. The molecule has 0 radical (unpaired) electrons. The van der Waals surface area contributed by atoms with Gasteiger partial charge in [-0.15, -0.1) is 0 Å². The van der Waals surface area contributed by atoms with Gasteiger partial charge in [0.15, 0.2) is 5.70 Å². The average Bonchev–Trinajstić information content (AvgIpc) is 3.03. The molecule has 1 N–H and O–H groups in total. The summed E-state index contributed by atoms with van der Waals surface area (Å²) in [6.45, 7) is 0. The Morgan fingerprint density at radius 1 is 1.08 bits per heavy atom. The van der Waals surface area contributed by atoms with Crippen LogP contribution in [0.25, 0.3) is 17.0 Å². The number of fused-ring (bicyclic) bond motifs is 1. The second-order valence-electron chi connectivity index (χ2n) is 5.71. The van der Waals surface area contributed by atoms with Crippen molar-refractivity contribution in [3.8, 4) is 5.75 Å². The molecule has 1 aromatic heterocycles. The van der Waals surface area contributed by atoms with Crippen LogP contribution in [0.2, 0.25) is 0 Å². The number of methoxy groups -OCH3 is 1. The predicted molar refractivity (Wildman–Crippen MR) is 98.2 cm³/mol. The quantitative estimate of drug-likeness (QED) is 0.584. The summed E-state index contributed by atoms with van der Waals surface area (Å²) in [6.07, 6.45) is 1.43. The van der Waals surface area contributed by atoms with Crippen molar-refractivity contribution in [1.29, 1.82) is 0 Å². The van der Waals surface area contributed by atoms with Crippen molar-refractivity contribution in [3.05, 3.63) is 81.8 Å². The zero-order chi connectivity index (χ0) is 18.1. The minimum Gasteiger partial charge on any atom is -0.497 e. The first-order valence-corrected chi connectivity index (χ1v) is 7.93. The van der Waals surface area contributed by atoms with Crippen molar-refractivity contribution in [2.45, 2.75) is 0 Å². The standard InChI is InChI=1S/C20H14N2O4/c1-25-15-7-8-16-13(10-15)9-14(18(23)21-16)11-17-20(24)26-19(22-17)12-5-3-2-4-6-12/h2-11H,1H3,(H,21,23)/b17-11-. The van der Waals surface area contributed by atoms with E-state index >= 15 is 0 Å². The van der Waals surface area contributed by atoms with Crippen LogP contribution in [0.1, 0.15) is 11.1 Å². The van der Waals surface area contributed by atoms with E-state index in [-0.39, 0.29) is 17.2 Å². The number of aromatic amines is 1. The van der Waals surface area contributed by atoms with E-state index in [1.807, 2.05) is 18.2 Å². The lowest BCUT2D eigenvalue weighted by Crippen LogP contribution is -2.10. The molecule has 3 aromatic rings. The van der Waals surface area contributed by atoms with Crippen LogP contribution in [0.4, 0.5) is 0 Å². The molecule has 6 heteroatoms. The molecule has 0 saturated heterocycles. The highest BCUT2D eigenvalue weighted by Gasteiger charge is 2.24. The summed E-state index contributed by atoms with van der Waals surface area (Å²) >= 11 is 0. The number of benzene rings is 2. The van der Waals surface area contributed by atoms with Crippen molar-refractivity contribution in [2.24, 2.45) is 4.99 Å².